The lowest BCUT2D eigenvalue weighted by molar-refractivity contribution is 0.893. The SMILES string of the molecule is Cc1sc2nc(CSc3ncnc4c3cnn4-c3ccccc3)[nH]c(=O)c2c1C. The lowest BCUT2D eigenvalue weighted by Crippen LogP contribution is -2.10. The number of hydrogen-bond acceptors (Lipinski definition) is 7. The highest BCUT2D eigenvalue weighted by Gasteiger charge is 2.14. The van der Waals surface area contributed by atoms with E-state index in [1.54, 1.807) is 22.2 Å². The third kappa shape index (κ3) is 3.12. The Labute approximate surface area is 173 Å². The van der Waals surface area contributed by atoms with E-state index in [9.17, 15) is 4.79 Å². The average molecular weight is 421 g/mol. The van der Waals surface area contributed by atoms with E-state index in [-0.39, 0.29) is 5.56 Å². The summed E-state index contributed by atoms with van der Waals surface area (Å²) in [6.45, 7) is 3.97. The largest absolute Gasteiger partial charge is 0.309 e. The van der Waals surface area contributed by atoms with Crippen molar-refractivity contribution in [1.82, 2.24) is 29.7 Å². The van der Waals surface area contributed by atoms with E-state index in [1.165, 1.54) is 18.1 Å². The van der Waals surface area contributed by atoms with E-state index in [1.807, 2.05) is 44.2 Å². The molecule has 4 heterocycles. The van der Waals surface area contributed by atoms with Gasteiger partial charge in [-0.3, -0.25) is 4.79 Å². The van der Waals surface area contributed by atoms with Gasteiger partial charge in [-0.2, -0.15) is 5.10 Å². The fraction of sp³-hybridized carbons (Fsp3) is 0.150. The van der Waals surface area contributed by atoms with Gasteiger partial charge in [-0.1, -0.05) is 30.0 Å². The first-order valence-electron chi connectivity index (χ1n) is 8.97. The number of aromatic nitrogens is 6. The Bertz CT molecular complexity index is 1400. The van der Waals surface area contributed by atoms with Crippen LogP contribution in [0.4, 0.5) is 0 Å². The van der Waals surface area contributed by atoms with Crippen LogP contribution in [-0.4, -0.2) is 29.7 Å². The Morgan fingerprint density at radius 1 is 1.17 bits per heavy atom. The van der Waals surface area contributed by atoms with E-state index in [2.05, 4.69) is 25.0 Å². The van der Waals surface area contributed by atoms with Crippen LogP contribution >= 0.6 is 23.1 Å². The molecule has 1 N–H and O–H groups in total. The zero-order valence-electron chi connectivity index (χ0n) is 15.7. The Morgan fingerprint density at radius 3 is 2.83 bits per heavy atom. The standard InChI is InChI=1S/C20H16N6OS2/c1-11-12(2)29-20-16(11)18(27)24-15(25-20)9-28-19-14-8-23-26(17(14)21-10-22-19)13-6-4-3-5-7-13/h3-8,10H,9H2,1-2H3,(H,24,25,27). The van der Waals surface area contributed by atoms with Crippen LogP contribution in [0.2, 0.25) is 0 Å². The highest BCUT2D eigenvalue weighted by molar-refractivity contribution is 7.98. The molecule has 0 aliphatic carbocycles. The van der Waals surface area contributed by atoms with Crippen molar-refractivity contribution in [2.24, 2.45) is 0 Å². The van der Waals surface area contributed by atoms with Crippen molar-refractivity contribution in [2.45, 2.75) is 24.6 Å². The van der Waals surface area contributed by atoms with Gasteiger partial charge in [0, 0.05) is 4.88 Å². The van der Waals surface area contributed by atoms with Gasteiger partial charge in [0.15, 0.2) is 5.65 Å². The van der Waals surface area contributed by atoms with Crippen molar-refractivity contribution in [3.63, 3.8) is 0 Å². The molecule has 1 aromatic carbocycles. The molecule has 0 fully saturated rings. The second-order valence-electron chi connectivity index (χ2n) is 6.57. The number of H-pyrrole nitrogens is 1. The van der Waals surface area contributed by atoms with Crippen LogP contribution in [0.25, 0.3) is 26.9 Å². The van der Waals surface area contributed by atoms with Gasteiger partial charge in [-0.05, 0) is 31.5 Å². The van der Waals surface area contributed by atoms with Crippen LogP contribution in [0, 0.1) is 13.8 Å². The molecular formula is C20H16N6OS2. The topological polar surface area (TPSA) is 89.3 Å². The molecule has 7 nitrogen and oxygen atoms in total. The van der Waals surface area contributed by atoms with Gasteiger partial charge in [0.1, 0.15) is 22.0 Å². The summed E-state index contributed by atoms with van der Waals surface area (Å²) in [7, 11) is 0. The first-order valence-corrected chi connectivity index (χ1v) is 10.8. The fourth-order valence-corrected chi connectivity index (χ4v) is 5.08. The average Bonchev–Trinajstić information content (AvgIpc) is 3.28. The van der Waals surface area contributed by atoms with Crippen molar-refractivity contribution < 1.29 is 0 Å². The van der Waals surface area contributed by atoms with E-state index in [0.717, 1.165) is 37.0 Å². The summed E-state index contributed by atoms with van der Waals surface area (Å²) >= 11 is 3.06. The summed E-state index contributed by atoms with van der Waals surface area (Å²) in [5.74, 6) is 1.14. The van der Waals surface area contributed by atoms with Crippen molar-refractivity contribution >= 4 is 44.3 Å². The van der Waals surface area contributed by atoms with Crippen LogP contribution in [0.15, 0.2) is 52.7 Å². The first-order chi connectivity index (χ1) is 14.1. The molecule has 5 aromatic rings. The van der Waals surface area contributed by atoms with E-state index >= 15 is 0 Å². The Balaban J connectivity index is 1.48. The molecule has 0 radical (unpaired) electrons. The quantitative estimate of drug-likeness (QED) is 0.349. The molecule has 0 atom stereocenters. The molecule has 29 heavy (non-hydrogen) atoms. The third-order valence-electron chi connectivity index (χ3n) is 4.76. The van der Waals surface area contributed by atoms with Crippen molar-refractivity contribution in [2.75, 3.05) is 0 Å². The van der Waals surface area contributed by atoms with Gasteiger partial charge < -0.3 is 4.98 Å². The third-order valence-corrected chi connectivity index (χ3v) is 6.88. The molecule has 0 spiro atoms. The highest BCUT2D eigenvalue weighted by Crippen LogP contribution is 2.29. The summed E-state index contributed by atoms with van der Waals surface area (Å²) in [5, 5.41) is 6.84. The van der Waals surface area contributed by atoms with Crippen LogP contribution < -0.4 is 5.56 Å². The van der Waals surface area contributed by atoms with Crippen LogP contribution in [0.3, 0.4) is 0 Å². The molecule has 9 heteroatoms. The van der Waals surface area contributed by atoms with Gasteiger partial charge in [-0.25, -0.2) is 19.6 Å². The summed E-state index contributed by atoms with van der Waals surface area (Å²) in [6, 6.07) is 9.86. The van der Waals surface area contributed by atoms with Gasteiger partial charge in [-0.15, -0.1) is 11.3 Å². The number of aromatic amines is 1. The Kier molecular flexibility index (Phi) is 4.40. The number of thiophene rings is 1. The van der Waals surface area contributed by atoms with Gasteiger partial charge in [0.2, 0.25) is 0 Å². The predicted molar refractivity (Wildman–Crippen MR) is 116 cm³/mol. The van der Waals surface area contributed by atoms with Crippen LogP contribution in [0.1, 0.15) is 16.3 Å². The van der Waals surface area contributed by atoms with Gasteiger partial charge in [0.05, 0.1) is 28.4 Å². The minimum atomic E-state index is -0.0859. The molecular weight excluding hydrogens is 404 g/mol. The summed E-state index contributed by atoms with van der Waals surface area (Å²) < 4.78 is 1.80. The normalized spacial score (nSPS) is 11.5. The summed E-state index contributed by atoms with van der Waals surface area (Å²) in [4.78, 5) is 30.8. The molecule has 144 valence electrons. The van der Waals surface area contributed by atoms with E-state index in [4.69, 9.17) is 0 Å². The number of para-hydroxylation sites is 1. The number of rotatable bonds is 4. The van der Waals surface area contributed by atoms with Crippen molar-refractivity contribution in [3.05, 3.63) is 69.5 Å². The number of hydrogen-bond donors (Lipinski definition) is 1. The minimum absolute atomic E-state index is 0.0859. The van der Waals surface area contributed by atoms with E-state index < -0.39 is 0 Å². The highest BCUT2D eigenvalue weighted by atomic mass is 32.2. The number of fused-ring (bicyclic) bond motifs is 2. The maximum absolute atomic E-state index is 12.5. The zero-order valence-corrected chi connectivity index (χ0v) is 17.3. The molecule has 0 amide bonds. The number of nitrogens with zero attached hydrogens (tertiary/aromatic N) is 5. The lowest BCUT2D eigenvalue weighted by atomic mass is 10.2. The van der Waals surface area contributed by atoms with Crippen molar-refractivity contribution in [3.8, 4) is 5.69 Å². The Hall–Kier alpha value is -3.04. The maximum Gasteiger partial charge on any atom is 0.259 e. The molecule has 4 aromatic heterocycles. The maximum atomic E-state index is 12.5. The lowest BCUT2D eigenvalue weighted by Gasteiger charge is -2.04. The first kappa shape index (κ1) is 18.0. The molecule has 0 unspecified atom stereocenters. The minimum Gasteiger partial charge on any atom is -0.309 e. The molecule has 0 aliphatic heterocycles. The smallest absolute Gasteiger partial charge is 0.259 e. The molecule has 0 aliphatic rings. The second-order valence-corrected chi connectivity index (χ2v) is 8.74. The van der Waals surface area contributed by atoms with E-state index in [0.29, 0.717) is 17.0 Å². The molecule has 0 saturated carbocycles. The number of thioether (sulfide) groups is 1. The van der Waals surface area contributed by atoms with Gasteiger partial charge in [0.25, 0.3) is 5.56 Å². The van der Waals surface area contributed by atoms with Crippen LogP contribution in [-0.2, 0) is 5.75 Å². The fourth-order valence-electron chi connectivity index (χ4n) is 3.20. The van der Waals surface area contributed by atoms with Crippen molar-refractivity contribution in [1.29, 1.82) is 0 Å². The van der Waals surface area contributed by atoms with Gasteiger partial charge >= 0.3 is 0 Å². The monoisotopic (exact) mass is 420 g/mol. The summed E-state index contributed by atoms with van der Waals surface area (Å²) in [5.41, 5.74) is 2.60. The number of nitrogens with one attached hydrogen (secondary N) is 1. The molecule has 0 saturated heterocycles. The molecule has 5 rings (SSSR count). The predicted octanol–water partition coefficient (Wildman–Crippen LogP) is 4.02. The molecule has 0 bridgehead atoms. The summed E-state index contributed by atoms with van der Waals surface area (Å²) in [6.07, 6.45) is 3.31. The zero-order chi connectivity index (χ0) is 20.0. The Morgan fingerprint density at radius 2 is 2.00 bits per heavy atom. The van der Waals surface area contributed by atoms with Crippen LogP contribution in [0.5, 0.6) is 0 Å². The second kappa shape index (κ2) is 7.09. The number of benzene rings is 1. The number of aryl methyl sites for hydroxylation is 2.